The average Bonchev–Trinajstić information content (AvgIpc) is 2.78. The second-order valence-electron chi connectivity index (χ2n) is 3.56. The summed E-state index contributed by atoms with van der Waals surface area (Å²) >= 11 is 0. The molecule has 1 fully saturated rings. The summed E-state index contributed by atoms with van der Waals surface area (Å²) in [6.07, 6.45) is 4.56. The van der Waals surface area contributed by atoms with Crippen LogP contribution in [-0.4, -0.2) is 24.6 Å². The van der Waals surface area contributed by atoms with E-state index in [1.165, 1.54) is 13.5 Å². The van der Waals surface area contributed by atoms with Crippen LogP contribution in [0.1, 0.15) is 41.6 Å². The Balaban J connectivity index is 0.00000128. The summed E-state index contributed by atoms with van der Waals surface area (Å²) in [5.41, 5.74) is 0.289. The summed E-state index contributed by atoms with van der Waals surface area (Å²) < 4.78 is 9.89. The van der Waals surface area contributed by atoms with Gasteiger partial charge in [-0.05, 0) is 19.4 Å². The van der Waals surface area contributed by atoms with Gasteiger partial charge in [-0.2, -0.15) is 0 Å². The molecule has 1 aliphatic rings. The van der Waals surface area contributed by atoms with Gasteiger partial charge in [0.1, 0.15) is 0 Å². The highest BCUT2D eigenvalue weighted by atomic mass is 35.5. The van der Waals surface area contributed by atoms with Gasteiger partial charge in [-0.15, -0.1) is 12.4 Å². The van der Waals surface area contributed by atoms with E-state index in [0.29, 0.717) is 5.76 Å². The van der Waals surface area contributed by atoms with Crippen molar-refractivity contribution >= 4 is 18.4 Å². The van der Waals surface area contributed by atoms with E-state index >= 15 is 0 Å². The van der Waals surface area contributed by atoms with E-state index < -0.39 is 5.97 Å². The van der Waals surface area contributed by atoms with Crippen molar-refractivity contribution < 1.29 is 13.9 Å². The van der Waals surface area contributed by atoms with E-state index in [2.05, 4.69) is 15.0 Å². The molecule has 1 atom stereocenters. The molecule has 2 rings (SSSR count). The smallest absolute Gasteiger partial charge is 0.360 e. The van der Waals surface area contributed by atoms with Crippen LogP contribution in [0.25, 0.3) is 0 Å². The molecule has 16 heavy (non-hydrogen) atoms. The monoisotopic (exact) mass is 246 g/mol. The molecule has 1 aromatic rings. The largest absolute Gasteiger partial charge is 0.464 e. The van der Waals surface area contributed by atoms with Gasteiger partial charge in [0.2, 0.25) is 0 Å². The lowest BCUT2D eigenvalue weighted by Crippen LogP contribution is -2.27. The van der Waals surface area contributed by atoms with Crippen molar-refractivity contribution in [3.05, 3.63) is 17.8 Å². The highest BCUT2D eigenvalue weighted by Crippen LogP contribution is 2.25. The minimum atomic E-state index is -0.439. The molecule has 1 N–H and O–H groups in total. The highest BCUT2D eigenvalue weighted by molar-refractivity contribution is 5.88. The van der Waals surface area contributed by atoms with Crippen LogP contribution in [0.3, 0.4) is 0 Å². The summed E-state index contributed by atoms with van der Waals surface area (Å²) in [7, 11) is 1.34. The number of carbonyl (C=O) groups excluding carboxylic acids is 1. The average molecular weight is 247 g/mol. The SMILES string of the molecule is COC(=O)c1ncoc1C1CCCCN1.Cl. The van der Waals surface area contributed by atoms with Gasteiger partial charge >= 0.3 is 5.97 Å². The summed E-state index contributed by atoms with van der Waals surface area (Å²) in [6.45, 7) is 0.950. The van der Waals surface area contributed by atoms with Crippen LogP contribution >= 0.6 is 12.4 Å². The lowest BCUT2D eigenvalue weighted by Gasteiger charge is -2.21. The van der Waals surface area contributed by atoms with Crippen LogP contribution in [0, 0.1) is 0 Å². The van der Waals surface area contributed by atoms with E-state index in [1.807, 2.05) is 0 Å². The number of nitrogens with zero attached hydrogens (tertiary/aromatic N) is 1. The minimum Gasteiger partial charge on any atom is -0.464 e. The molecule has 1 unspecified atom stereocenters. The van der Waals surface area contributed by atoms with Gasteiger partial charge in [0.15, 0.2) is 17.8 Å². The van der Waals surface area contributed by atoms with Crippen LogP contribution in [0.4, 0.5) is 0 Å². The minimum absolute atomic E-state index is 0. The first-order valence-electron chi connectivity index (χ1n) is 5.08. The predicted octanol–water partition coefficient (Wildman–Crippen LogP) is 1.70. The summed E-state index contributed by atoms with van der Waals surface area (Å²) in [5, 5.41) is 3.30. The number of piperidine rings is 1. The molecule has 0 saturated carbocycles. The van der Waals surface area contributed by atoms with Crippen LogP contribution in [0.5, 0.6) is 0 Å². The van der Waals surface area contributed by atoms with E-state index in [4.69, 9.17) is 4.42 Å². The van der Waals surface area contributed by atoms with Gasteiger partial charge in [0, 0.05) is 0 Å². The first-order valence-corrected chi connectivity index (χ1v) is 5.08. The van der Waals surface area contributed by atoms with Gasteiger partial charge in [-0.25, -0.2) is 9.78 Å². The molecule has 5 nitrogen and oxygen atoms in total. The van der Waals surface area contributed by atoms with Crippen molar-refractivity contribution in [2.75, 3.05) is 13.7 Å². The Labute approximate surface area is 100.0 Å². The standard InChI is InChI=1S/C10H14N2O3.ClH/c1-14-10(13)8-9(15-6-12-8)7-4-2-3-5-11-7;/h6-7,11H,2-5H2,1H3;1H. The summed E-state index contributed by atoms with van der Waals surface area (Å²) in [5.74, 6) is 0.160. The fraction of sp³-hybridized carbons (Fsp3) is 0.600. The molecule has 0 radical (unpaired) electrons. The van der Waals surface area contributed by atoms with Crippen molar-refractivity contribution in [3.63, 3.8) is 0 Å². The first-order chi connectivity index (χ1) is 7.33. The van der Waals surface area contributed by atoms with E-state index in [0.717, 1.165) is 25.8 Å². The Kier molecular flexibility index (Phi) is 4.76. The zero-order valence-corrected chi connectivity index (χ0v) is 9.88. The first kappa shape index (κ1) is 13.0. The predicted molar refractivity (Wildman–Crippen MR) is 59.7 cm³/mol. The zero-order valence-electron chi connectivity index (χ0n) is 9.06. The van der Waals surface area contributed by atoms with Gasteiger partial charge in [-0.3, -0.25) is 0 Å². The third-order valence-electron chi connectivity index (χ3n) is 2.60. The van der Waals surface area contributed by atoms with Gasteiger partial charge in [0.25, 0.3) is 0 Å². The maximum atomic E-state index is 11.4. The number of nitrogens with one attached hydrogen (secondary N) is 1. The molecule has 0 amide bonds. The van der Waals surface area contributed by atoms with Crippen molar-refractivity contribution in [2.45, 2.75) is 25.3 Å². The molecular weight excluding hydrogens is 232 g/mol. The molecule has 90 valence electrons. The number of halogens is 1. The number of carbonyl (C=O) groups is 1. The normalized spacial score (nSPS) is 19.9. The van der Waals surface area contributed by atoms with Gasteiger partial charge < -0.3 is 14.5 Å². The van der Waals surface area contributed by atoms with E-state index in [-0.39, 0.29) is 24.1 Å². The lowest BCUT2D eigenvalue weighted by atomic mass is 10.0. The van der Waals surface area contributed by atoms with Crippen molar-refractivity contribution in [3.8, 4) is 0 Å². The molecule has 1 saturated heterocycles. The quantitative estimate of drug-likeness (QED) is 0.805. The molecule has 2 heterocycles. The Morgan fingerprint density at radius 1 is 1.62 bits per heavy atom. The Morgan fingerprint density at radius 3 is 3.06 bits per heavy atom. The van der Waals surface area contributed by atoms with Crippen molar-refractivity contribution in [1.82, 2.24) is 10.3 Å². The van der Waals surface area contributed by atoms with Crippen molar-refractivity contribution in [2.24, 2.45) is 0 Å². The van der Waals surface area contributed by atoms with Crippen molar-refractivity contribution in [1.29, 1.82) is 0 Å². The molecule has 0 aromatic carbocycles. The molecule has 1 aromatic heterocycles. The molecule has 0 bridgehead atoms. The number of rotatable bonds is 2. The Bertz CT molecular complexity index is 348. The molecular formula is C10H15ClN2O3. The number of methoxy groups -OCH3 is 1. The molecule has 6 heteroatoms. The third kappa shape index (κ3) is 2.54. The van der Waals surface area contributed by atoms with Crippen LogP contribution < -0.4 is 5.32 Å². The Morgan fingerprint density at radius 2 is 2.44 bits per heavy atom. The second-order valence-corrected chi connectivity index (χ2v) is 3.56. The number of hydrogen-bond donors (Lipinski definition) is 1. The third-order valence-corrected chi connectivity index (χ3v) is 2.60. The van der Waals surface area contributed by atoms with E-state index in [9.17, 15) is 4.79 Å². The number of ether oxygens (including phenoxy) is 1. The lowest BCUT2D eigenvalue weighted by molar-refractivity contribution is 0.0590. The number of oxazole rings is 1. The highest BCUT2D eigenvalue weighted by Gasteiger charge is 2.25. The van der Waals surface area contributed by atoms with Gasteiger partial charge in [-0.1, -0.05) is 6.42 Å². The topological polar surface area (TPSA) is 64.4 Å². The molecule has 1 aliphatic heterocycles. The maximum absolute atomic E-state index is 11.4. The zero-order chi connectivity index (χ0) is 10.7. The van der Waals surface area contributed by atoms with Gasteiger partial charge in [0.05, 0.1) is 13.2 Å². The maximum Gasteiger partial charge on any atom is 0.360 e. The van der Waals surface area contributed by atoms with Crippen LogP contribution in [-0.2, 0) is 4.74 Å². The molecule has 0 spiro atoms. The summed E-state index contributed by atoms with van der Waals surface area (Å²) in [4.78, 5) is 15.2. The van der Waals surface area contributed by atoms with E-state index in [1.54, 1.807) is 0 Å². The number of hydrogen-bond acceptors (Lipinski definition) is 5. The fourth-order valence-electron chi connectivity index (χ4n) is 1.83. The second kappa shape index (κ2) is 5.86. The van der Waals surface area contributed by atoms with Crippen LogP contribution in [0.15, 0.2) is 10.8 Å². The number of aromatic nitrogens is 1. The molecule has 0 aliphatic carbocycles. The summed E-state index contributed by atoms with van der Waals surface area (Å²) in [6, 6.07) is 0.0929. The number of esters is 1. The Hall–Kier alpha value is -1.07. The fourth-order valence-corrected chi connectivity index (χ4v) is 1.83. The van der Waals surface area contributed by atoms with Crippen LogP contribution in [0.2, 0.25) is 0 Å².